The topological polar surface area (TPSA) is 62.1 Å². The van der Waals surface area contributed by atoms with Crippen molar-refractivity contribution in [3.63, 3.8) is 0 Å². The van der Waals surface area contributed by atoms with Gasteiger partial charge in [0, 0.05) is 5.69 Å². The first-order chi connectivity index (χ1) is 11.4. The summed E-state index contributed by atoms with van der Waals surface area (Å²) in [6, 6.07) is 13.1. The van der Waals surface area contributed by atoms with Gasteiger partial charge in [0.2, 0.25) is 0 Å². The molecule has 1 N–H and O–H groups in total. The molecule has 0 unspecified atom stereocenters. The predicted octanol–water partition coefficient (Wildman–Crippen LogP) is 4.17. The fourth-order valence-electron chi connectivity index (χ4n) is 2.32. The van der Waals surface area contributed by atoms with Gasteiger partial charge in [-0.05, 0) is 73.4 Å². The SMILES string of the molecule is COc1ccc(/C=C(\C#N)C(=O)Nc2ccc(C)c(C)c2)cc1C. The Labute approximate surface area is 142 Å². The lowest BCUT2D eigenvalue weighted by Gasteiger charge is -2.08. The molecule has 0 radical (unpaired) electrons. The molecule has 2 aromatic carbocycles. The van der Waals surface area contributed by atoms with Crippen molar-refractivity contribution in [3.8, 4) is 11.8 Å². The molecule has 0 aliphatic carbocycles. The van der Waals surface area contributed by atoms with E-state index < -0.39 is 5.91 Å². The van der Waals surface area contributed by atoms with Crippen LogP contribution < -0.4 is 10.1 Å². The molecule has 2 rings (SSSR count). The second-order valence-corrected chi connectivity index (χ2v) is 5.65. The molecule has 2 aromatic rings. The third-order valence-electron chi connectivity index (χ3n) is 3.86. The third kappa shape index (κ3) is 4.02. The van der Waals surface area contributed by atoms with Gasteiger partial charge < -0.3 is 10.1 Å². The fraction of sp³-hybridized carbons (Fsp3) is 0.200. The Morgan fingerprint density at radius 1 is 1.08 bits per heavy atom. The van der Waals surface area contributed by atoms with Gasteiger partial charge in [0.15, 0.2) is 0 Å². The number of carbonyl (C=O) groups is 1. The summed E-state index contributed by atoms with van der Waals surface area (Å²) in [7, 11) is 1.61. The van der Waals surface area contributed by atoms with Crippen molar-refractivity contribution in [1.82, 2.24) is 0 Å². The van der Waals surface area contributed by atoms with E-state index in [1.165, 1.54) is 0 Å². The maximum atomic E-state index is 12.3. The van der Waals surface area contributed by atoms with Crippen molar-refractivity contribution >= 4 is 17.7 Å². The lowest BCUT2D eigenvalue weighted by molar-refractivity contribution is -0.112. The number of anilines is 1. The van der Waals surface area contributed by atoms with Crippen molar-refractivity contribution in [2.45, 2.75) is 20.8 Å². The highest BCUT2D eigenvalue weighted by molar-refractivity contribution is 6.09. The van der Waals surface area contributed by atoms with E-state index in [-0.39, 0.29) is 5.57 Å². The van der Waals surface area contributed by atoms with Gasteiger partial charge in [-0.1, -0.05) is 12.1 Å². The van der Waals surface area contributed by atoms with E-state index in [2.05, 4.69) is 5.32 Å². The van der Waals surface area contributed by atoms with Gasteiger partial charge in [-0.25, -0.2) is 0 Å². The lowest BCUT2D eigenvalue weighted by Crippen LogP contribution is -2.13. The molecule has 0 aromatic heterocycles. The molecule has 4 nitrogen and oxygen atoms in total. The van der Waals surface area contributed by atoms with Crippen LogP contribution in [0.4, 0.5) is 5.69 Å². The molecule has 0 saturated heterocycles. The monoisotopic (exact) mass is 320 g/mol. The number of nitrogens with zero attached hydrogens (tertiary/aromatic N) is 1. The Balaban J connectivity index is 2.23. The number of rotatable bonds is 4. The van der Waals surface area contributed by atoms with Crippen LogP contribution in [0.15, 0.2) is 42.0 Å². The van der Waals surface area contributed by atoms with E-state index in [1.54, 1.807) is 13.2 Å². The summed E-state index contributed by atoms with van der Waals surface area (Å²) in [5, 5.41) is 12.1. The van der Waals surface area contributed by atoms with E-state index in [0.717, 1.165) is 28.0 Å². The number of hydrogen-bond acceptors (Lipinski definition) is 3. The normalized spacial score (nSPS) is 10.9. The molecule has 4 heteroatoms. The molecule has 0 heterocycles. The molecule has 0 fully saturated rings. The Bertz CT molecular complexity index is 845. The molecule has 24 heavy (non-hydrogen) atoms. The summed E-state index contributed by atoms with van der Waals surface area (Å²) >= 11 is 0. The van der Waals surface area contributed by atoms with E-state index in [9.17, 15) is 10.1 Å². The molecular formula is C20H20N2O2. The molecule has 1 amide bonds. The second-order valence-electron chi connectivity index (χ2n) is 5.65. The Morgan fingerprint density at radius 3 is 2.42 bits per heavy atom. The van der Waals surface area contributed by atoms with Crippen LogP contribution in [0.5, 0.6) is 5.75 Å². The Kier molecular flexibility index (Phi) is 5.39. The average molecular weight is 320 g/mol. The van der Waals surface area contributed by atoms with Gasteiger partial charge in [0.25, 0.3) is 5.91 Å². The number of nitrogens with one attached hydrogen (secondary N) is 1. The average Bonchev–Trinajstić information content (AvgIpc) is 2.56. The van der Waals surface area contributed by atoms with Crippen LogP contribution in [0.3, 0.4) is 0 Å². The van der Waals surface area contributed by atoms with Crippen molar-refractivity contribution < 1.29 is 9.53 Å². The summed E-state index contributed by atoms with van der Waals surface area (Å²) in [6.45, 7) is 5.90. The number of benzene rings is 2. The van der Waals surface area contributed by atoms with E-state index in [1.807, 2.05) is 63.2 Å². The smallest absolute Gasteiger partial charge is 0.266 e. The highest BCUT2D eigenvalue weighted by atomic mass is 16.5. The maximum absolute atomic E-state index is 12.3. The highest BCUT2D eigenvalue weighted by Crippen LogP contribution is 2.20. The van der Waals surface area contributed by atoms with Crippen LogP contribution in [0.2, 0.25) is 0 Å². The standard InChI is InChI=1S/C20H20N2O2/c1-13-5-7-18(10-14(13)2)22-20(23)17(12-21)11-16-6-8-19(24-4)15(3)9-16/h5-11H,1-4H3,(H,22,23)/b17-11+. The summed E-state index contributed by atoms with van der Waals surface area (Å²) < 4.78 is 5.21. The second kappa shape index (κ2) is 7.47. The lowest BCUT2D eigenvalue weighted by atomic mass is 10.1. The summed E-state index contributed by atoms with van der Waals surface area (Å²) in [5.74, 6) is 0.347. The summed E-state index contributed by atoms with van der Waals surface area (Å²) in [4.78, 5) is 12.3. The zero-order chi connectivity index (χ0) is 17.7. The highest BCUT2D eigenvalue weighted by Gasteiger charge is 2.10. The van der Waals surface area contributed by atoms with E-state index in [0.29, 0.717) is 5.69 Å². The van der Waals surface area contributed by atoms with Crippen molar-refractivity contribution in [2.75, 3.05) is 12.4 Å². The number of methoxy groups -OCH3 is 1. The number of amides is 1. The molecule has 0 aliphatic rings. The van der Waals surface area contributed by atoms with Gasteiger partial charge in [0.05, 0.1) is 7.11 Å². The minimum Gasteiger partial charge on any atom is -0.496 e. The van der Waals surface area contributed by atoms with Gasteiger partial charge in [0.1, 0.15) is 17.4 Å². The zero-order valence-electron chi connectivity index (χ0n) is 14.3. The first kappa shape index (κ1) is 17.3. The third-order valence-corrected chi connectivity index (χ3v) is 3.86. The van der Waals surface area contributed by atoms with Crippen molar-refractivity contribution in [1.29, 1.82) is 5.26 Å². The van der Waals surface area contributed by atoms with Crippen LogP contribution >= 0.6 is 0 Å². The van der Waals surface area contributed by atoms with Crippen LogP contribution in [-0.4, -0.2) is 13.0 Å². The van der Waals surface area contributed by atoms with Gasteiger partial charge >= 0.3 is 0 Å². The maximum Gasteiger partial charge on any atom is 0.266 e. The Morgan fingerprint density at radius 2 is 1.83 bits per heavy atom. The largest absolute Gasteiger partial charge is 0.496 e. The first-order valence-electron chi connectivity index (χ1n) is 7.59. The molecule has 0 spiro atoms. The predicted molar refractivity (Wildman–Crippen MR) is 95.9 cm³/mol. The molecule has 122 valence electrons. The Hall–Kier alpha value is -3.06. The number of hydrogen-bond donors (Lipinski definition) is 1. The molecule has 0 aliphatic heterocycles. The number of carbonyl (C=O) groups excluding carboxylic acids is 1. The fourth-order valence-corrected chi connectivity index (χ4v) is 2.32. The number of aryl methyl sites for hydroxylation is 3. The zero-order valence-corrected chi connectivity index (χ0v) is 14.3. The van der Waals surface area contributed by atoms with Crippen LogP contribution in [0, 0.1) is 32.1 Å². The molecular weight excluding hydrogens is 300 g/mol. The first-order valence-corrected chi connectivity index (χ1v) is 7.59. The molecule has 0 atom stereocenters. The van der Waals surface area contributed by atoms with Crippen LogP contribution in [-0.2, 0) is 4.79 Å². The van der Waals surface area contributed by atoms with Gasteiger partial charge in [-0.3, -0.25) is 4.79 Å². The van der Waals surface area contributed by atoms with Gasteiger partial charge in [-0.2, -0.15) is 5.26 Å². The van der Waals surface area contributed by atoms with E-state index in [4.69, 9.17) is 4.74 Å². The minimum atomic E-state index is -0.422. The molecule has 0 saturated carbocycles. The van der Waals surface area contributed by atoms with Crippen molar-refractivity contribution in [2.24, 2.45) is 0 Å². The van der Waals surface area contributed by atoms with Gasteiger partial charge in [-0.15, -0.1) is 0 Å². The van der Waals surface area contributed by atoms with Crippen molar-refractivity contribution in [3.05, 3.63) is 64.2 Å². The summed E-state index contributed by atoms with van der Waals surface area (Å²) in [6.07, 6.45) is 1.57. The number of nitriles is 1. The summed E-state index contributed by atoms with van der Waals surface area (Å²) in [5.41, 5.74) is 4.69. The van der Waals surface area contributed by atoms with Crippen LogP contribution in [0.25, 0.3) is 6.08 Å². The minimum absolute atomic E-state index is 0.0535. The number of ether oxygens (including phenoxy) is 1. The quantitative estimate of drug-likeness (QED) is 0.679. The van der Waals surface area contributed by atoms with E-state index >= 15 is 0 Å². The van der Waals surface area contributed by atoms with Crippen LogP contribution in [0.1, 0.15) is 22.3 Å². The molecule has 0 bridgehead atoms.